The van der Waals surface area contributed by atoms with Crippen molar-refractivity contribution in [1.82, 2.24) is 14.9 Å². The highest BCUT2D eigenvalue weighted by Gasteiger charge is 2.41. The maximum absolute atomic E-state index is 5.67. The lowest BCUT2D eigenvalue weighted by molar-refractivity contribution is 0.541. The summed E-state index contributed by atoms with van der Waals surface area (Å²) in [5, 5.41) is 4.19. The van der Waals surface area contributed by atoms with Gasteiger partial charge in [-0.15, -0.1) is 0 Å². The molecule has 0 unspecified atom stereocenters. The minimum Gasteiger partial charge on any atom is -0.353 e. The summed E-state index contributed by atoms with van der Waals surface area (Å²) in [6, 6.07) is 20.5. The van der Waals surface area contributed by atoms with E-state index in [4.69, 9.17) is 12.2 Å². The summed E-state index contributed by atoms with van der Waals surface area (Å²) in [4.78, 5) is 6.74. The average molecular weight is 334 g/mol. The highest BCUT2D eigenvalue weighted by atomic mass is 32.1. The molecule has 1 N–H and O–H groups in total. The Labute approximate surface area is 146 Å². The molecule has 0 bridgehead atoms. The molecule has 1 fully saturated rings. The number of para-hydroxylation sites is 1. The Morgan fingerprint density at radius 1 is 1.00 bits per heavy atom. The maximum Gasteiger partial charge on any atom is 0.174 e. The molecule has 24 heavy (non-hydrogen) atoms. The molecule has 1 aliphatic rings. The third kappa shape index (κ3) is 2.47. The van der Waals surface area contributed by atoms with Gasteiger partial charge in [-0.05, 0) is 48.6 Å². The van der Waals surface area contributed by atoms with Gasteiger partial charge in [0, 0.05) is 30.8 Å². The zero-order valence-corrected chi connectivity index (χ0v) is 14.1. The molecular weight excluding hydrogens is 316 g/mol. The van der Waals surface area contributed by atoms with Crippen LogP contribution in [0.3, 0.4) is 0 Å². The van der Waals surface area contributed by atoms with E-state index in [0.717, 1.165) is 16.5 Å². The number of nitrogens with one attached hydrogen (secondary N) is 1. The van der Waals surface area contributed by atoms with Crippen molar-refractivity contribution >= 4 is 23.0 Å². The predicted octanol–water partition coefficient (Wildman–Crippen LogP) is 3.60. The molecule has 2 atom stereocenters. The van der Waals surface area contributed by atoms with Crippen LogP contribution in [0.2, 0.25) is 0 Å². The van der Waals surface area contributed by atoms with Gasteiger partial charge in [0.05, 0.1) is 11.7 Å². The van der Waals surface area contributed by atoms with Gasteiger partial charge in [0.2, 0.25) is 0 Å². The minimum atomic E-state index is 0.00695. The number of nitrogens with zero attached hydrogens (tertiary/aromatic N) is 3. The molecule has 4 rings (SSSR count). The first kappa shape index (κ1) is 14.9. The van der Waals surface area contributed by atoms with E-state index in [2.05, 4.69) is 57.3 Å². The van der Waals surface area contributed by atoms with E-state index in [9.17, 15) is 0 Å². The van der Waals surface area contributed by atoms with Crippen molar-refractivity contribution < 1.29 is 0 Å². The molecule has 4 nitrogen and oxygen atoms in total. The van der Waals surface area contributed by atoms with Crippen LogP contribution in [0, 0.1) is 0 Å². The molecule has 2 aromatic heterocycles. The lowest BCUT2D eigenvalue weighted by Gasteiger charge is -2.28. The Morgan fingerprint density at radius 2 is 1.79 bits per heavy atom. The Hall–Kier alpha value is -2.66. The van der Waals surface area contributed by atoms with Crippen molar-refractivity contribution in [3.05, 3.63) is 84.4 Å². The van der Waals surface area contributed by atoms with Gasteiger partial charge in [-0.3, -0.25) is 4.98 Å². The second-order valence-corrected chi connectivity index (χ2v) is 6.26. The number of pyridine rings is 1. The van der Waals surface area contributed by atoms with Crippen LogP contribution < -0.4 is 10.2 Å². The van der Waals surface area contributed by atoms with E-state index in [1.165, 1.54) is 5.69 Å². The molecule has 3 aromatic rings. The van der Waals surface area contributed by atoms with Gasteiger partial charge in [0.25, 0.3) is 0 Å². The van der Waals surface area contributed by atoms with E-state index in [1.54, 1.807) is 0 Å². The second kappa shape index (κ2) is 6.09. The number of anilines is 1. The molecule has 1 aliphatic heterocycles. The summed E-state index contributed by atoms with van der Waals surface area (Å²) in [6.07, 6.45) is 3.89. The summed E-state index contributed by atoms with van der Waals surface area (Å²) in [7, 11) is 2.06. The third-order valence-electron chi connectivity index (χ3n) is 4.42. The van der Waals surface area contributed by atoms with Crippen LogP contribution in [0.4, 0.5) is 5.69 Å². The predicted molar refractivity (Wildman–Crippen MR) is 99.8 cm³/mol. The van der Waals surface area contributed by atoms with Gasteiger partial charge >= 0.3 is 0 Å². The maximum atomic E-state index is 5.67. The number of thiocarbonyl (C=S) groups is 1. The van der Waals surface area contributed by atoms with Crippen molar-refractivity contribution in [2.24, 2.45) is 7.05 Å². The first-order valence-electron chi connectivity index (χ1n) is 7.92. The van der Waals surface area contributed by atoms with Crippen molar-refractivity contribution in [3.8, 4) is 0 Å². The number of rotatable bonds is 3. The standard InChI is InChI=1S/C19H18N4S/c1-22-13-7-11-16(22)18-17(15-10-5-6-12-20-15)21-19(24)23(18)14-8-3-2-4-9-14/h2-13,17-18H,1H3,(H,21,24)/t17-,18+/m0/s1. The molecule has 0 amide bonds. The quantitative estimate of drug-likeness (QED) is 0.742. The lowest BCUT2D eigenvalue weighted by atomic mass is 10.0. The molecule has 0 radical (unpaired) electrons. The van der Waals surface area contributed by atoms with Crippen LogP contribution in [0.1, 0.15) is 23.5 Å². The zero-order valence-electron chi connectivity index (χ0n) is 13.3. The highest BCUT2D eigenvalue weighted by Crippen LogP contribution is 2.41. The summed E-state index contributed by atoms with van der Waals surface area (Å²) in [5.41, 5.74) is 3.27. The van der Waals surface area contributed by atoms with E-state index in [-0.39, 0.29) is 12.1 Å². The van der Waals surface area contributed by atoms with Crippen molar-refractivity contribution in [2.45, 2.75) is 12.1 Å². The summed E-state index contributed by atoms with van der Waals surface area (Å²) >= 11 is 5.67. The zero-order chi connectivity index (χ0) is 16.5. The van der Waals surface area contributed by atoms with Crippen LogP contribution in [0.25, 0.3) is 0 Å². The van der Waals surface area contributed by atoms with E-state index < -0.39 is 0 Å². The minimum absolute atomic E-state index is 0.00695. The lowest BCUT2D eigenvalue weighted by Crippen LogP contribution is -2.30. The Balaban J connectivity index is 1.84. The molecule has 3 heterocycles. The van der Waals surface area contributed by atoms with Gasteiger partial charge in [-0.25, -0.2) is 0 Å². The van der Waals surface area contributed by atoms with Crippen LogP contribution in [0.15, 0.2) is 73.1 Å². The number of benzene rings is 1. The first-order chi connectivity index (χ1) is 11.8. The fourth-order valence-electron chi connectivity index (χ4n) is 3.30. The van der Waals surface area contributed by atoms with Crippen LogP contribution in [-0.4, -0.2) is 14.7 Å². The molecular formula is C19H18N4S. The second-order valence-electron chi connectivity index (χ2n) is 5.88. The monoisotopic (exact) mass is 334 g/mol. The SMILES string of the molecule is Cn1cccc1[C@@H]1[C@H](c2ccccn2)NC(=S)N1c1ccccc1. The van der Waals surface area contributed by atoms with Crippen LogP contribution in [-0.2, 0) is 7.05 Å². The summed E-state index contributed by atoms with van der Waals surface area (Å²) in [5.74, 6) is 0. The average Bonchev–Trinajstić information content (AvgIpc) is 3.19. The van der Waals surface area contributed by atoms with Crippen LogP contribution in [0.5, 0.6) is 0 Å². The third-order valence-corrected chi connectivity index (χ3v) is 4.73. The number of hydrogen-bond acceptors (Lipinski definition) is 2. The van der Waals surface area contributed by atoms with Gasteiger partial charge < -0.3 is 14.8 Å². The largest absolute Gasteiger partial charge is 0.353 e. The molecule has 1 saturated heterocycles. The van der Waals surface area contributed by atoms with Crippen molar-refractivity contribution in [2.75, 3.05) is 4.90 Å². The van der Waals surface area contributed by atoms with E-state index in [0.29, 0.717) is 0 Å². The van der Waals surface area contributed by atoms with Crippen molar-refractivity contribution in [1.29, 1.82) is 0 Å². The Kier molecular flexibility index (Phi) is 3.78. The summed E-state index contributed by atoms with van der Waals surface area (Å²) < 4.78 is 2.14. The molecule has 0 spiro atoms. The number of hydrogen-bond donors (Lipinski definition) is 1. The highest BCUT2D eigenvalue weighted by molar-refractivity contribution is 7.80. The van der Waals surface area contributed by atoms with E-state index >= 15 is 0 Å². The molecule has 1 aromatic carbocycles. The van der Waals surface area contributed by atoms with Gasteiger partial charge in [-0.2, -0.15) is 0 Å². The first-order valence-corrected chi connectivity index (χ1v) is 8.33. The topological polar surface area (TPSA) is 33.1 Å². The Morgan fingerprint density at radius 3 is 2.46 bits per heavy atom. The summed E-state index contributed by atoms with van der Waals surface area (Å²) in [6.45, 7) is 0. The van der Waals surface area contributed by atoms with Crippen molar-refractivity contribution in [3.63, 3.8) is 0 Å². The number of aryl methyl sites for hydroxylation is 1. The van der Waals surface area contributed by atoms with E-state index in [1.807, 2.05) is 42.6 Å². The fourth-order valence-corrected chi connectivity index (χ4v) is 3.65. The van der Waals surface area contributed by atoms with Gasteiger partial charge in [0.15, 0.2) is 5.11 Å². The van der Waals surface area contributed by atoms with Gasteiger partial charge in [-0.1, -0.05) is 24.3 Å². The van der Waals surface area contributed by atoms with Crippen LogP contribution >= 0.6 is 12.2 Å². The smallest absolute Gasteiger partial charge is 0.174 e. The normalized spacial score (nSPS) is 20.2. The fraction of sp³-hybridized carbons (Fsp3) is 0.158. The molecule has 5 heteroatoms. The Bertz CT molecular complexity index is 844. The number of aromatic nitrogens is 2. The van der Waals surface area contributed by atoms with Gasteiger partial charge in [0.1, 0.15) is 6.04 Å². The molecule has 0 aliphatic carbocycles. The molecule has 120 valence electrons. The molecule has 0 saturated carbocycles.